The number of halogens is 3. The maximum absolute atomic E-state index is 13.7. The number of aromatic nitrogens is 3. The predicted molar refractivity (Wildman–Crippen MR) is 122 cm³/mol. The Kier molecular flexibility index (Phi) is 6.65. The molecule has 0 bridgehead atoms. The number of hydrogen-bond acceptors (Lipinski definition) is 7. The molecule has 2 N–H and O–H groups in total. The van der Waals surface area contributed by atoms with Crippen LogP contribution in [-0.2, 0) is 10.9 Å². The smallest absolute Gasteiger partial charge is 0.418 e. The van der Waals surface area contributed by atoms with Crippen molar-refractivity contribution in [1.29, 1.82) is 0 Å². The second-order valence-electron chi connectivity index (χ2n) is 7.30. The summed E-state index contributed by atoms with van der Waals surface area (Å²) < 4.78 is 46.6. The number of esters is 1. The van der Waals surface area contributed by atoms with Crippen molar-refractivity contribution in [2.45, 2.75) is 25.6 Å². The van der Waals surface area contributed by atoms with Gasteiger partial charge in [0.1, 0.15) is 11.7 Å². The number of para-hydroxylation sites is 1. The number of rotatable bonds is 6. The monoisotopic (exact) mass is 502 g/mol. The Labute approximate surface area is 199 Å². The SMILES string of the molecule is CCC(OC(=O)c1cccnc1)c1[nH]c2c(C(F)(F)F)cccc2c(=O)c1C(=O)Nc1nccs1. The molecule has 0 saturated carbocycles. The number of thiazole rings is 1. The molecule has 35 heavy (non-hydrogen) atoms. The van der Waals surface area contributed by atoms with Gasteiger partial charge in [0, 0.05) is 29.4 Å². The fraction of sp³-hybridized carbons (Fsp3) is 0.174. The number of amides is 1. The van der Waals surface area contributed by atoms with Gasteiger partial charge in [-0.2, -0.15) is 13.2 Å². The molecule has 0 aliphatic carbocycles. The van der Waals surface area contributed by atoms with E-state index in [-0.39, 0.29) is 28.2 Å². The van der Waals surface area contributed by atoms with Crippen LogP contribution in [0.25, 0.3) is 10.9 Å². The molecule has 12 heteroatoms. The third kappa shape index (κ3) is 4.92. The molecule has 1 atom stereocenters. The molecule has 8 nitrogen and oxygen atoms in total. The van der Waals surface area contributed by atoms with Gasteiger partial charge in [0.25, 0.3) is 5.91 Å². The summed E-state index contributed by atoms with van der Waals surface area (Å²) in [6.45, 7) is 1.60. The lowest BCUT2D eigenvalue weighted by Gasteiger charge is -2.21. The summed E-state index contributed by atoms with van der Waals surface area (Å²) in [5, 5.41) is 3.92. The summed E-state index contributed by atoms with van der Waals surface area (Å²) in [6, 6.07) is 6.05. The molecule has 0 fully saturated rings. The largest absolute Gasteiger partial charge is 0.452 e. The molecule has 1 amide bonds. The summed E-state index contributed by atoms with van der Waals surface area (Å²) in [6.07, 6.45) is -1.81. The van der Waals surface area contributed by atoms with Gasteiger partial charge in [-0.25, -0.2) is 9.78 Å². The normalized spacial score (nSPS) is 12.3. The van der Waals surface area contributed by atoms with Crippen molar-refractivity contribution in [3.63, 3.8) is 0 Å². The van der Waals surface area contributed by atoms with Gasteiger partial charge >= 0.3 is 12.1 Å². The van der Waals surface area contributed by atoms with E-state index < -0.39 is 46.2 Å². The Bertz CT molecular complexity index is 1440. The number of carbonyl (C=O) groups excluding carboxylic acids is 2. The first-order chi connectivity index (χ1) is 16.7. The molecule has 1 aromatic carbocycles. The summed E-state index contributed by atoms with van der Waals surface area (Å²) in [4.78, 5) is 49.5. The number of nitrogens with zero attached hydrogens (tertiary/aromatic N) is 2. The molecular weight excluding hydrogens is 485 g/mol. The van der Waals surface area contributed by atoms with Crippen LogP contribution in [0, 0.1) is 0 Å². The van der Waals surface area contributed by atoms with E-state index in [9.17, 15) is 27.6 Å². The zero-order valence-corrected chi connectivity index (χ0v) is 18.9. The first-order valence-corrected chi connectivity index (χ1v) is 11.2. The minimum Gasteiger partial charge on any atom is -0.452 e. The molecule has 3 aromatic heterocycles. The van der Waals surface area contributed by atoms with Crippen LogP contribution in [0.3, 0.4) is 0 Å². The molecule has 0 aliphatic rings. The number of anilines is 1. The van der Waals surface area contributed by atoms with Gasteiger partial charge in [0.15, 0.2) is 5.13 Å². The van der Waals surface area contributed by atoms with Gasteiger partial charge in [-0.05, 0) is 30.7 Å². The number of alkyl halides is 3. The second kappa shape index (κ2) is 9.66. The van der Waals surface area contributed by atoms with E-state index in [1.165, 1.54) is 36.8 Å². The quantitative estimate of drug-likeness (QED) is 0.360. The number of H-pyrrole nitrogens is 1. The number of benzene rings is 1. The van der Waals surface area contributed by atoms with E-state index in [4.69, 9.17) is 4.74 Å². The van der Waals surface area contributed by atoms with Crippen molar-refractivity contribution >= 4 is 39.2 Å². The fourth-order valence-electron chi connectivity index (χ4n) is 3.51. The zero-order valence-electron chi connectivity index (χ0n) is 18.1. The van der Waals surface area contributed by atoms with Gasteiger partial charge < -0.3 is 9.72 Å². The summed E-state index contributed by atoms with van der Waals surface area (Å²) in [5.41, 5.74) is -3.18. The van der Waals surface area contributed by atoms with E-state index in [1.807, 2.05) is 0 Å². The molecule has 0 spiro atoms. The van der Waals surface area contributed by atoms with E-state index in [1.54, 1.807) is 12.3 Å². The van der Waals surface area contributed by atoms with Crippen LogP contribution in [0.15, 0.2) is 59.1 Å². The Balaban J connectivity index is 1.90. The van der Waals surface area contributed by atoms with Crippen molar-refractivity contribution in [3.8, 4) is 0 Å². The van der Waals surface area contributed by atoms with Crippen molar-refractivity contribution in [2.24, 2.45) is 0 Å². The number of fused-ring (bicyclic) bond motifs is 1. The molecule has 0 saturated heterocycles. The average Bonchev–Trinajstić information content (AvgIpc) is 3.34. The number of hydrogen-bond donors (Lipinski definition) is 2. The molecule has 4 rings (SSSR count). The molecular formula is C23H17F3N4O4S. The maximum atomic E-state index is 13.7. The minimum atomic E-state index is -4.78. The molecule has 1 unspecified atom stereocenters. The highest BCUT2D eigenvalue weighted by molar-refractivity contribution is 7.13. The van der Waals surface area contributed by atoms with Crippen LogP contribution in [-0.4, -0.2) is 26.8 Å². The van der Waals surface area contributed by atoms with E-state index in [0.717, 1.165) is 23.5 Å². The van der Waals surface area contributed by atoms with Crippen LogP contribution < -0.4 is 10.7 Å². The second-order valence-corrected chi connectivity index (χ2v) is 8.20. The number of pyridine rings is 2. The highest BCUT2D eigenvalue weighted by Crippen LogP contribution is 2.35. The summed E-state index contributed by atoms with van der Waals surface area (Å²) in [7, 11) is 0. The Morgan fingerprint density at radius 2 is 2.00 bits per heavy atom. The lowest BCUT2D eigenvalue weighted by atomic mass is 10.0. The Morgan fingerprint density at radius 1 is 1.20 bits per heavy atom. The van der Waals surface area contributed by atoms with Gasteiger partial charge in [-0.1, -0.05) is 13.0 Å². The predicted octanol–water partition coefficient (Wildman–Crippen LogP) is 4.96. The highest BCUT2D eigenvalue weighted by atomic mass is 32.1. The van der Waals surface area contributed by atoms with E-state index in [0.29, 0.717) is 0 Å². The highest BCUT2D eigenvalue weighted by Gasteiger charge is 2.35. The molecule has 0 aliphatic heterocycles. The van der Waals surface area contributed by atoms with Crippen molar-refractivity contribution < 1.29 is 27.5 Å². The van der Waals surface area contributed by atoms with E-state index >= 15 is 0 Å². The number of aromatic amines is 1. The topological polar surface area (TPSA) is 114 Å². The van der Waals surface area contributed by atoms with Crippen molar-refractivity contribution in [1.82, 2.24) is 15.0 Å². The van der Waals surface area contributed by atoms with Gasteiger partial charge in [0.05, 0.1) is 22.3 Å². The first kappa shape index (κ1) is 24.1. The van der Waals surface area contributed by atoms with Crippen LogP contribution >= 0.6 is 11.3 Å². The number of carbonyl (C=O) groups is 2. The lowest BCUT2D eigenvalue weighted by Crippen LogP contribution is -2.28. The van der Waals surface area contributed by atoms with Gasteiger partial charge in [-0.15, -0.1) is 11.3 Å². The Morgan fingerprint density at radius 3 is 2.63 bits per heavy atom. The molecule has 180 valence electrons. The molecule has 0 radical (unpaired) electrons. The van der Waals surface area contributed by atoms with Crippen LogP contribution in [0.1, 0.15) is 51.4 Å². The van der Waals surface area contributed by atoms with Crippen molar-refractivity contribution in [3.05, 3.63) is 86.9 Å². The maximum Gasteiger partial charge on any atom is 0.418 e. The first-order valence-electron chi connectivity index (χ1n) is 10.3. The van der Waals surface area contributed by atoms with E-state index in [2.05, 4.69) is 20.3 Å². The molecule has 3 heterocycles. The minimum absolute atomic E-state index is 0.0547. The third-order valence-electron chi connectivity index (χ3n) is 5.09. The molecule has 4 aromatic rings. The van der Waals surface area contributed by atoms with Crippen LogP contribution in [0.4, 0.5) is 18.3 Å². The average molecular weight is 502 g/mol. The van der Waals surface area contributed by atoms with Gasteiger partial charge in [-0.3, -0.25) is 19.9 Å². The number of ether oxygens (including phenoxy) is 1. The standard InChI is InChI=1S/C23H17F3N4O4S/c1-2-15(34-21(33)12-5-4-8-27-11-12)18-16(20(32)30-22-28-9-10-35-22)19(31)13-6-3-7-14(17(13)29-18)23(24,25)26/h3-11,15H,2H2,1H3,(H,29,31)(H,28,30,32). The Hall–Kier alpha value is -4.06. The van der Waals surface area contributed by atoms with Crippen LogP contribution in [0.5, 0.6) is 0 Å². The third-order valence-corrected chi connectivity index (χ3v) is 5.78. The van der Waals surface area contributed by atoms with Crippen molar-refractivity contribution in [2.75, 3.05) is 5.32 Å². The van der Waals surface area contributed by atoms with Crippen LogP contribution in [0.2, 0.25) is 0 Å². The fourth-order valence-corrected chi connectivity index (χ4v) is 4.03. The summed E-state index contributed by atoms with van der Waals surface area (Å²) >= 11 is 1.09. The lowest BCUT2D eigenvalue weighted by molar-refractivity contribution is -0.136. The number of nitrogens with one attached hydrogen (secondary N) is 2. The zero-order chi connectivity index (χ0) is 25.2. The summed E-state index contributed by atoms with van der Waals surface area (Å²) in [5.74, 6) is -1.72. The van der Waals surface area contributed by atoms with Gasteiger partial charge in [0.2, 0.25) is 5.43 Å².